The fraction of sp³-hybridized carbons (Fsp3) is 0.667. The normalized spacial score (nSPS) is 14.8. The van der Waals surface area contributed by atoms with E-state index >= 15 is 0 Å². The summed E-state index contributed by atoms with van der Waals surface area (Å²) in [5.41, 5.74) is 1.49. The summed E-state index contributed by atoms with van der Waals surface area (Å²) in [5.74, 6) is 0.463. The van der Waals surface area contributed by atoms with Crippen LogP contribution in [0.4, 0.5) is 5.13 Å². The molecule has 2 N–H and O–H groups in total. The average Bonchev–Trinajstić information content (AvgIpc) is 2.93. The van der Waals surface area contributed by atoms with Crippen LogP contribution in [0, 0.1) is 0 Å². The first-order chi connectivity index (χ1) is 10.6. The molecule has 0 radical (unpaired) electrons. The van der Waals surface area contributed by atoms with Crippen LogP contribution in [0.3, 0.4) is 0 Å². The molecule has 5 nitrogen and oxygen atoms in total. The van der Waals surface area contributed by atoms with Crippen molar-refractivity contribution in [1.82, 2.24) is 15.5 Å². The topological polar surface area (TPSA) is 66.9 Å². The van der Waals surface area contributed by atoms with Crippen molar-refractivity contribution in [1.29, 1.82) is 0 Å². The molecule has 0 saturated carbocycles. The Hall–Kier alpha value is -1.08. The van der Waals surface area contributed by atoms with Crippen LogP contribution in [0.5, 0.6) is 0 Å². The fourth-order valence-electron chi connectivity index (χ4n) is 2.25. The molecule has 1 aromatic heterocycles. The fourth-order valence-corrected chi connectivity index (χ4v) is 3.97. The molecule has 0 fully saturated rings. The summed E-state index contributed by atoms with van der Waals surface area (Å²) in [6.45, 7) is 4.86. The molecule has 2 rings (SSSR count). The van der Waals surface area contributed by atoms with Gasteiger partial charge in [-0.2, -0.15) is 0 Å². The number of nitrogens with one attached hydrogen (secondary N) is 2. The van der Waals surface area contributed by atoms with Crippen LogP contribution < -0.4 is 10.6 Å². The second-order valence-electron chi connectivity index (χ2n) is 5.67. The van der Waals surface area contributed by atoms with Gasteiger partial charge in [0.25, 0.3) is 0 Å². The zero-order valence-corrected chi connectivity index (χ0v) is 14.9. The Labute approximate surface area is 140 Å². The van der Waals surface area contributed by atoms with E-state index in [4.69, 9.17) is 0 Å². The lowest BCUT2D eigenvalue weighted by Crippen LogP contribution is -2.26. The third-order valence-electron chi connectivity index (χ3n) is 3.30. The van der Waals surface area contributed by atoms with Gasteiger partial charge in [-0.05, 0) is 46.0 Å². The summed E-state index contributed by atoms with van der Waals surface area (Å²) >= 11 is 2.93. The molecular weight excluding hydrogens is 316 g/mol. The highest BCUT2D eigenvalue weighted by molar-refractivity contribution is 8.01. The van der Waals surface area contributed by atoms with Gasteiger partial charge < -0.3 is 10.6 Å². The highest BCUT2D eigenvalue weighted by Gasteiger charge is 2.09. The van der Waals surface area contributed by atoms with Gasteiger partial charge in [-0.1, -0.05) is 34.7 Å². The first-order valence-corrected chi connectivity index (χ1v) is 9.61. The lowest BCUT2D eigenvalue weighted by atomic mass is 9.97. The largest absolute Gasteiger partial charge is 0.358 e. The molecule has 0 aliphatic heterocycles. The van der Waals surface area contributed by atoms with Gasteiger partial charge in [-0.25, -0.2) is 0 Å². The first-order valence-electron chi connectivity index (χ1n) is 7.81. The Bertz CT molecular complexity index is 513. The Balaban J connectivity index is 1.62. The van der Waals surface area contributed by atoms with E-state index in [0.29, 0.717) is 11.8 Å². The SMILES string of the molecule is CC(C)Nc1nnc(SCC(=O)NCCC2=CCCCC2)s1. The minimum absolute atomic E-state index is 0.0648. The predicted molar refractivity (Wildman–Crippen MR) is 93.6 cm³/mol. The molecule has 0 atom stereocenters. The Morgan fingerprint density at radius 1 is 1.41 bits per heavy atom. The van der Waals surface area contributed by atoms with Crippen LogP contribution in [0.1, 0.15) is 46.0 Å². The van der Waals surface area contributed by atoms with Crippen LogP contribution in [0.15, 0.2) is 16.0 Å². The van der Waals surface area contributed by atoms with E-state index in [-0.39, 0.29) is 5.91 Å². The standard InChI is InChI=1S/C15H24N4OS2/c1-11(2)17-14-18-19-15(22-14)21-10-13(20)16-9-8-12-6-4-3-5-7-12/h6,11H,3-5,7-10H2,1-2H3,(H,16,20)(H,17,18). The molecule has 1 heterocycles. The van der Waals surface area contributed by atoms with Gasteiger partial charge in [-0.15, -0.1) is 10.2 Å². The molecule has 0 saturated heterocycles. The summed E-state index contributed by atoms with van der Waals surface area (Å²) in [6, 6.07) is 0.336. The van der Waals surface area contributed by atoms with E-state index in [2.05, 4.69) is 40.8 Å². The third-order valence-corrected chi connectivity index (χ3v) is 5.29. The number of carbonyl (C=O) groups excluding carboxylic acids is 1. The number of amides is 1. The molecule has 0 spiro atoms. The number of thioether (sulfide) groups is 1. The minimum atomic E-state index is 0.0648. The molecule has 0 aromatic carbocycles. The molecule has 1 aromatic rings. The van der Waals surface area contributed by atoms with E-state index in [1.165, 1.54) is 54.4 Å². The summed E-state index contributed by atoms with van der Waals surface area (Å²) in [4.78, 5) is 11.8. The summed E-state index contributed by atoms with van der Waals surface area (Å²) in [6.07, 6.45) is 8.30. The summed E-state index contributed by atoms with van der Waals surface area (Å²) < 4.78 is 0.827. The van der Waals surface area contributed by atoms with Crippen molar-refractivity contribution < 1.29 is 4.79 Å². The van der Waals surface area contributed by atoms with Gasteiger partial charge >= 0.3 is 0 Å². The lowest BCUT2D eigenvalue weighted by Gasteiger charge is -2.12. The Morgan fingerprint density at radius 3 is 3.00 bits per heavy atom. The number of carbonyl (C=O) groups is 1. The Kier molecular flexibility index (Phi) is 7.18. The van der Waals surface area contributed by atoms with Crippen molar-refractivity contribution in [3.05, 3.63) is 11.6 Å². The zero-order chi connectivity index (χ0) is 15.8. The van der Waals surface area contributed by atoms with Gasteiger partial charge in [0.15, 0.2) is 4.34 Å². The van der Waals surface area contributed by atoms with Gasteiger partial charge in [0, 0.05) is 12.6 Å². The molecule has 7 heteroatoms. The predicted octanol–water partition coefficient (Wildman–Crippen LogP) is 3.46. The van der Waals surface area contributed by atoms with E-state index in [0.717, 1.165) is 22.4 Å². The first kappa shape index (κ1) is 17.3. The van der Waals surface area contributed by atoms with E-state index in [9.17, 15) is 4.79 Å². The smallest absolute Gasteiger partial charge is 0.230 e. The summed E-state index contributed by atoms with van der Waals surface area (Å²) in [5, 5.41) is 15.1. The molecule has 1 aliphatic rings. The number of allylic oxidation sites excluding steroid dienone is 1. The number of hydrogen-bond donors (Lipinski definition) is 2. The van der Waals surface area contributed by atoms with Gasteiger partial charge in [0.1, 0.15) is 0 Å². The van der Waals surface area contributed by atoms with Crippen LogP contribution in [0.25, 0.3) is 0 Å². The van der Waals surface area contributed by atoms with Crippen LogP contribution in [-0.4, -0.2) is 34.4 Å². The van der Waals surface area contributed by atoms with Gasteiger partial charge in [-0.3, -0.25) is 4.79 Å². The number of nitrogens with zero attached hydrogens (tertiary/aromatic N) is 2. The van der Waals surface area contributed by atoms with Gasteiger partial charge in [0.2, 0.25) is 11.0 Å². The van der Waals surface area contributed by atoms with Crippen LogP contribution in [0.2, 0.25) is 0 Å². The molecular formula is C15H24N4OS2. The number of rotatable bonds is 8. The van der Waals surface area contributed by atoms with Crippen molar-refractivity contribution in [2.45, 2.75) is 56.3 Å². The van der Waals surface area contributed by atoms with Crippen molar-refractivity contribution in [2.24, 2.45) is 0 Å². The zero-order valence-electron chi connectivity index (χ0n) is 13.2. The number of anilines is 1. The molecule has 22 heavy (non-hydrogen) atoms. The molecule has 122 valence electrons. The van der Waals surface area contributed by atoms with Crippen molar-refractivity contribution in [3.8, 4) is 0 Å². The maximum atomic E-state index is 11.8. The lowest BCUT2D eigenvalue weighted by molar-refractivity contribution is -0.118. The van der Waals surface area contributed by atoms with Gasteiger partial charge in [0.05, 0.1) is 5.75 Å². The van der Waals surface area contributed by atoms with Crippen molar-refractivity contribution in [3.63, 3.8) is 0 Å². The van der Waals surface area contributed by atoms with Crippen molar-refractivity contribution >= 4 is 34.1 Å². The van der Waals surface area contributed by atoms with Crippen molar-refractivity contribution in [2.75, 3.05) is 17.6 Å². The Morgan fingerprint density at radius 2 is 2.27 bits per heavy atom. The molecule has 0 bridgehead atoms. The monoisotopic (exact) mass is 340 g/mol. The average molecular weight is 341 g/mol. The van der Waals surface area contributed by atoms with E-state index in [1.54, 1.807) is 0 Å². The van der Waals surface area contributed by atoms with E-state index < -0.39 is 0 Å². The number of aromatic nitrogens is 2. The molecule has 1 amide bonds. The third kappa shape index (κ3) is 6.36. The van der Waals surface area contributed by atoms with E-state index in [1.807, 2.05) is 0 Å². The summed E-state index contributed by atoms with van der Waals surface area (Å²) in [7, 11) is 0. The van der Waals surface area contributed by atoms with Crippen LogP contribution in [-0.2, 0) is 4.79 Å². The maximum Gasteiger partial charge on any atom is 0.230 e. The second-order valence-corrected chi connectivity index (χ2v) is 7.87. The highest BCUT2D eigenvalue weighted by Crippen LogP contribution is 2.25. The second kappa shape index (κ2) is 9.15. The maximum absolute atomic E-state index is 11.8. The molecule has 0 unspecified atom stereocenters. The highest BCUT2D eigenvalue weighted by atomic mass is 32.2. The molecule has 1 aliphatic carbocycles. The minimum Gasteiger partial charge on any atom is -0.358 e. The van der Waals surface area contributed by atoms with Crippen LogP contribution >= 0.6 is 23.1 Å². The quantitative estimate of drug-likeness (QED) is 0.560. The number of hydrogen-bond acceptors (Lipinski definition) is 6.